The molecule has 2 aromatic rings. The largest absolute Gasteiger partial charge is 0.393 e. The highest BCUT2D eigenvalue weighted by molar-refractivity contribution is 5.90. The number of hydrogen-bond acceptors (Lipinski definition) is 2. The lowest BCUT2D eigenvalue weighted by Gasteiger charge is -2.20. The number of urea groups is 1. The van der Waals surface area contributed by atoms with Gasteiger partial charge in [0, 0.05) is 18.2 Å². The number of rotatable bonds is 7. The van der Waals surface area contributed by atoms with Crippen LogP contribution in [-0.4, -0.2) is 23.8 Å². The smallest absolute Gasteiger partial charge is 0.319 e. The van der Waals surface area contributed by atoms with Crippen LogP contribution in [-0.2, 0) is 6.42 Å². The highest BCUT2D eigenvalue weighted by atomic mass is 16.3. The van der Waals surface area contributed by atoms with E-state index in [2.05, 4.69) is 17.6 Å². The van der Waals surface area contributed by atoms with E-state index in [9.17, 15) is 9.90 Å². The number of carbonyl (C=O) groups is 1. The second-order valence-corrected chi connectivity index (χ2v) is 6.04. The summed E-state index contributed by atoms with van der Waals surface area (Å²) in [6.45, 7) is 4.31. The number of aliphatic hydroxyl groups excluding tert-OH is 1. The molecule has 0 fully saturated rings. The van der Waals surface area contributed by atoms with E-state index in [0.29, 0.717) is 13.0 Å². The summed E-state index contributed by atoms with van der Waals surface area (Å²) in [7, 11) is 0. The minimum atomic E-state index is -0.416. The first-order valence-electron chi connectivity index (χ1n) is 8.46. The van der Waals surface area contributed by atoms with Gasteiger partial charge < -0.3 is 15.7 Å². The number of hydrogen-bond donors (Lipinski definition) is 3. The molecule has 2 rings (SSSR count). The molecule has 0 aliphatic carbocycles. The van der Waals surface area contributed by atoms with Crippen LogP contribution >= 0.6 is 0 Å². The Morgan fingerprint density at radius 1 is 1.08 bits per heavy atom. The zero-order valence-electron chi connectivity index (χ0n) is 14.3. The van der Waals surface area contributed by atoms with Crippen molar-refractivity contribution in [3.63, 3.8) is 0 Å². The van der Waals surface area contributed by atoms with E-state index in [1.807, 2.05) is 54.6 Å². The van der Waals surface area contributed by atoms with Crippen LogP contribution in [0.25, 0.3) is 0 Å². The summed E-state index contributed by atoms with van der Waals surface area (Å²) in [4.78, 5) is 12.2. The standard InChI is InChI=1S/C20H26N2O2/c1-3-16-9-7-8-12-19(16)22-20(24)21-14-18(13-15(2)23)17-10-5-4-6-11-17/h4-12,15,18,23H,3,13-14H2,1-2H3,(H2,21,22,24). The van der Waals surface area contributed by atoms with Crippen molar-refractivity contribution in [3.05, 3.63) is 65.7 Å². The third kappa shape index (κ3) is 5.39. The van der Waals surface area contributed by atoms with E-state index in [1.165, 1.54) is 0 Å². The van der Waals surface area contributed by atoms with Crippen molar-refractivity contribution >= 4 is 11.7 Å². The van der Waals surface area contributed by atoms with Gasteiger partial charge in [0.2, 0.25) is 0 Å². The Labute approximate surface area is 143 Å². The summed E-state index contributed by atoms with van der Waals surface area (Å²) >= 11 is 0. The number of benzene rings is 2. The van der Waals surface area contributed by atoms with Gasteiger partial charge in [-0.15, -0.1) is 0 Å². The van der Waals surface area contributed by atoms with Gasteiger partial charge in [0.05, 0.1) is 6.10 Å². The van der Waals surface area contributed by atoms with Crippen molar-refractivity contribution in [2.24, 2.45) is 0 Å². The molecule has 0 spiro atoms. The topological polar surface area (TPSA) is 61.4 Å². The lowest BCUT2D eigenvalue weighted by atomic mass is 9.93. The summed E-state index contributed by atoms with van der Waals surface area (Å²) in [5.74, 6) is 0.0818. The van der Waals surface area contributed by atoms with Crippen molar-refractivity contribution in [2.75, 3.05) is 11.9 Å². The van der Waals surface area contributed by atoms with E-state index in [0.717, 1.165) is 23.2 Å². The molecule has 0 aliphatic heterocycles. The van der Waals surface area contributed by atoms with Crippen molar-refractivity contribution < 1.29 is 9.90 Å². The fraction of sp³-hybridized carbons (Fsp3) is 0.350. The Balaban J connectivity index is 1.97. The van der Waals surface area contributed by atoms with Crippen molar-refractivity contribution in [1.29, 1.82) is 0 Å². The zero-order chi connectivity index (χ0) is 17.4. The van der Waals surface area contributed by atoms with Gasteiger partial charge in [-0.3, -0.25) is 0 Å². The lowest BCUT2D eigenvalue weighted by molar-refractivity contribution is 0.173. The molecule has 2 aromatic carbocycles. The molecule has 2 amide bonds. The molecule has 0 heterocycles. The summed E-state index contributed by atoms with van der Waals surface area (Å²) in [5, 5.41) is 15.6. The van der Waals surface area contributed by atoms with E-state index in [4.69, 9.17) is 0 Å². The molecule has 0 bridgehead atoms. The van der Waals surface area contributed by atoms with E-state index < -0.39 is 6.10 Å². The molecule has 24 heavy (non-hydrogen) atoms. The number of carbonyl (C=O) groups excluding carboxylic acids is 1. The first-order chi connectivity index (χ1) is 11.6. The maximum absolute atomic E-state index is 12.2. The van der Waals surface area contributed by atoms with Crippen LogP contribution < -0.4 is 10.6 Å². The Bertz CT molecular complexity index is 641. The van der Waals surface area contributed by atoms with Gasteiger partial charge in [-0.1, -0.05) is 55.5 Å². The van der Waals surface area contributed by atoms with E-state index in [1.54, 1.807) is 6.92 Å². The third-order valence-corrected chi connectivity index (χ3v) is 4.05. The number of aliphatic hydroxyl groups is 1. The predicted octanol–water partition coefficient (Wildman–Crippen LogP) is 3.93. The fourth-order valence-electron chi connectivity index (χ4n) is 2.81. The number of amides is 2. The fourth-order valence-corrected chi connectivity index (χ4v) is 2.81. The van der Waals surface area contributed by atoms with Crippen LogP contribution in [0.4, 0.5) is 10.5 Å². The summed E-state index contributed by atoms with van der Waals surface area (Å²) in [5.41, 5.74) is 3.06. The van der Waals surface area contributed by atoms with Gasteiger partial charge in [-0.05, 0) is 37.0 Å². The molecule has 0 aromatic heterocycles. The van der Waals surface area contributed by atoms with Crippen LogP contribution in [0.5, 0.6) is 0 Å². The average molecular weight is 326 g/mol. The number of aryl methyl sites for hydroxylation is 1. The molecule has 2 unspecified atom stereocenters. The molecule has 0 aliphatic rings. The molecule has 0 saturated heterocycles. The van der Waals surface area contributed by atoms with Gasteiger partial charge >= 0.3 is 6.03 Å². The summed E-state index contributed by atoms with van der Waals surface area (Å²) in [6, 6.07) is 17.5. The van der Waals surface area contributed by atoms with Gasteiger partial charge in [-0.2, -0.15) is 0 Å². The maximum atomic E-state index is 12.2. The highest BCUT2D eigenvalue weighted by Gasteiger charge is 2.15. The number of nitrogens with one attached hydrogen (secondary N) is 2. The Morgan fingerprint density at radius 3 is 2.42 bits per heavy atom. The SMILES string of the molecule is CCc1ccccc1NC(=O)NCC(CC(C)O)c1ccccc1. The molecule has 128 valence electrons. The van der Waals surface area contributed by atoms with Gasteiger partial charge in [-0.25, -0.2) is 4.79 Å². The molecule has 3 N–H and O–H groups in total. The maximum Gasteiger partial charge on any atom is 0.319 e. The summed E-state index contributed by atoms with van der Waals surface area (Å²) < 4.78 is 0. The minimum absolute atomic E-state index is 0.0818. The van der Waals surface area contributed by atoms with Crippen molar-refractivity contribution in [3.8, 4) is 0 Å². The minimum Gasteiger partial charge on any atom is -0.393 e. The molecule has 4 nitrogen and oxygen atoms in total. The molecular formula is C20H26N2O2. The predicted molar refractivity (Wildman–Crippen MR) is 98.3 cm³/mol. The molecule has 2 atom stereocenters. The van der Waals surface area contributed by atoms with E-state index in [-0.39, 0.29) is 11.9 Å². The van der Waals surface area contributed by atoms with Gasteiger partial charge in [0.1, 0.15) is 0 Å². The van der Waals surface area contributed by atoms with Crippen LogP contribution in [0.1, 0.15) is 37.3 Å². The summed E-state index contributed by atoms with van der Waals surface area (Å²) in [6.07, 6.45) is 1.06. The van der Waals surface area contributed by atoms with Crippen LogP contribution in [0.3, 0.4) is 0 Å². The first-order valence-corrected chi connectivity index (χ1v) is 8.46. The van der Waals surface area contributed by atoms with Crippen molar-refractivity contribution in [1.82, 2.24) is 5.32 Å². The van der Waals surface area contributed by atoms with Crippen LogP contribution in [0, 0.1) is 0 Å². The van der Waals surface area contributed by atoms with E-state index >= 15 is 0 Å². The second-order valence-electron chi connectivity index (χ2n) is 6.04. The Hall–Kier alpha value is -2.33. The number of anilines is 1. The normalized spacial score (nSPS) is 13.1. The molecule has 0 saturated carbocycles. The van der Waals surface area contributed by atoms with Gasteiger partial charge in [0.25, 0.3) is 0 Å². The lowest BCUT2D eigenvalue weighted by Crippen LogP contribution is -2.33. The Kier molecular flexibility index (Phi) is 6.82. The number of para-hydroxylation sites is 1. The highest BCUT2D eigenvalue weighted by Crippen LogP contribution is 2.21. The zero-order valence-corrected chi connectivity index (χ0v) is 14.3. The molecular weight excluding hydrogens is 300 g/mol. The van der Waals surface area contributed by atoms with Crippen molar-refractivity contribution in [2.45, 2.75) is 38.7 Å². The monoisotopic (exact) mass is 326 g/mol. The van der Waals surface area contributed by atoms with Gasteiger partial charge in [0.15, 0.2) is 0 Å². The molecule has 0 radical (unpaired) electrons. The second kappa shape index (κ2) is 9.08. The van der Waals surface area contributed by atoms with Crippen LogP contribution in [0.2, 0.25) is 0 Å². The third-order valence-electron chi connectivity index (χ3n) is 4.05. The quantitative estimate of drug-likeness (QED) is 0.722. The average Bonchev–Trinajstić information content (AvgIpc) is 2.59. The Morgan fingerprint density at radius 2 is 1.75 bits per heavy atom. The van der Waals surface area contributed by atoms with Crippen LogP contribution in [0.15, 0.2) is 54.6 Å². The molecule has 4 heteroatoms. The first kappa shape index (κ1) is 18.0.